The van der Waals surface area contributed by atoms with Gasteiger partial charge in [0.2, 0.25) is 0 Å². The zero-order valence-corrected chi connectivity index (χ0v) is 9.83. The Balaban J connectivity index is 2.03. The molecule has 2 heteroatoms. The van der Waals surface area contributed by atoms with E-state index in [0.29, 0.717) is 0 Å². The summed E-state index contributed by atoms with van der Waals surface area (Å²) in [6.07, 6.45) is 5.85. The van der Waals surface area contributed by atoms with Crippen LogP contribution in [-0.2, 0) is 0 Å². The minimum Gasteiger partial charge on any atom is -0.313 e. The van der Waals surface area contributed by atoms with E-state index in [0.717, 1.165) is 18.5 Å². The van der Waals surface area contributed by atoms with Crippen LogP contribution in [0.3, 0.4) is 0 Å². The fraction of sp³-hybridized carbons (Fsp3) is 1.00. The molecule has 0 aliphatic heterocycles. The molecule has 1 N–H and O–H groups in total. The standard InChI is InChI=1S/C11H23NS/c1-3-12-11(9-13-4-2)8-7-10-5-6-10/h10-12H,3-9H2,1-2H3. The van der Waals surface area contributed by atoms with Crippen molar-refractivity contribution in [3.8, 4) is 0 Å². The fourth-order valence-electron chi connectivity index (χ4n) is 1.64. The molecule has 0 heterocycles. The smallest absolute Gasteiger partial charge is 0.0158 e. The highest BCUT2D eigenvalue weighted by Gasteiger charge is 2.22. The Morgan fingerprint density at radius 1 is 1.38 bits per heavy atom. The number of hydrogen-bond acceptors (Lipinski definition) is 2. The molecule has 0 spiro atoms. The molecule has 1 unspecified atom stereocenters. The third-order valence-corrected chi connectivity index (χ3v) is 3.68. The maximum atomic E-state index is 3.58. The number of thioether (sulfide) groups is 1. The summed E-state index contributed by atoms with van der Waals surface area (Å²) in [4.78, 5) is 0. The van der Waals surface area contributed by atoms with Crippen LogP contribution in [0.1, 0.15) is 39.5 Å². The molecule has 1 atom stereocenters. The lowest BCUT2D eigenvalue weighted by molar-refractivity contribution is 0.501. The van der Waals surface area contributed by atoms with Crippen LogP contribution in [0.15, 0.2) is 0 Å². The van der Waals surface area contributed by atoms with Gasteiger partial charge in [0.05, 0.1) is 0 Å². The molecule has 0 aromatic carbocycles. The summed E-state index contributed by atoms with van der Waals surface area (Å²) in [7, 11) is 0. The van der Waals surface area contributed by atoms with Crippen LogP contribution >= 0.6 is 11.8 Å². The second-order valence-electron chi connectivity index (χ2n) is 3.93. The van der Waals surface area contributed by atoms with Crippen LogP contribution in [0.25, 0.3) is 0 Å². The fourth-order valence-corrected chi connectivity index (χ4v) is 2.44. The zero-order valence-electron chi connectivity index (χ0n) is 9.01. The van der Waals surface area contributed by atoms with E-state index in [1.807, 2.05) is 0 Å². The van der Waals surface area contributed by atoms with Crippen molar-refractivity contribution < 1.29 is 0 Å². The van der Waals surface area contributed by atoms with Gasteiger partial charge in [-0.2, -0.15) is 11.8 Å². The van der Waals surface area contributed by atoms with Crippen LogP contribution in [0.2, 0.25) is 0 Å². The molecule has 0 saturated heterocycles. The zero-order chi connectivity index (χ0) is 9.52. The van der Waals surface area contributed by atoms with Gasteiger partial charge in [0.1, 0.15) is 0 Å². The van der Waals surface area contributed by atoms with Gasteiger partial charge in [-0.15, -0.1) is 0 Å². The van der Waals surface area contributed by atoms with E-state index in [4.69, 9.17) is 0 Å². The van der Waals surface area contributed by atoms with Gasteiger partial charge in [-0.05, 0) is 31.1 Å². The number of rotatable bonds is 8. The average Bonchev–Trinajstić information content (AvgIpc) is 2.93. The summed E-state index contributed by atoms with van der Waals surface area (Å²) in [6, 6.07) is 0.774. The monoisotopic (exact) mass is 201 g/mol. The van der Waals surface area contributed by atoms with Crippen molar-refractivity contribution in [2.24, 2.45) is 5.92 Å². The Labute approximate surface area is 87.1 Å². The summed E-state index contributed by atoms with van der Waals surface area (Å²) in [6.45, 7) is 5.58. The SMILES string of the molecule is CCNC(CCC1CC1)CSCC. The molecule has 0 radical (unpaired) electrons. The van der Waals surface area contributed by atoms with Crippen molar-refractivity contribution in [1.29, 1.82) is 0 Å². The van der Waals surface area contributed by atoms with E-state index in [-0.39, 0.29) is 0 Å². The lowest BCUT2D eigenvalue weighted by atomic mass is 10.1. The van der Waals surface area contributed by atoms with E-state index in [9.17, 15) is 0 Å². The largest absolute Gasteiger partial charge is 0.313 e. The second kappa shape index (κ2) is 6.72. The molecule has 1 rings (SSSR count). The van der Waals surface area contributed by atoms with Crippen molar-refractivity contribution in [3.63, 3.8) is 0 Å². The van der Waals surface area contributed by atoms with Crippen molar-refractivity contribution in [2.45, 2.75) is 45.6 Å². The van der Waals surface area contributed by atoms with E-state index in [1.165, 1.54) is 37.2 Å². The topological polar surface area (TPSA) is 12.0 Å². The Bertz CT molecular complexity index is 123. The average molecular weight is 201 g/mol. The van der Waals surface area contributed by atoms with Crippen LogP contribution < -0.4 is 5.32 Å². The van der Waals surface area contributed by atoms with Gasteiger partial charge in [-0.1, -0.05) is 26.7 Å². The van der Waals surface area contributed by atoms with Gasteiger partial charge in [-0.3, -0.25) is 0 Å². The van der Waals surface area contributed by atoms with Gasteiger partial charge in [-0.25, -0.2) is 0 Å². The first-order chi connectivity index (χ1) is 6.36. The first-order valence-corrected chi connectivity index (χ1v) is 6.83. The lowest BCUT2D eigenvalue weighted by Crippen LogP contribution is -2.31. The Hall–Kier alpha value is 0.310. The highest BCUT2D eigenvalue weighted by molar-refractivity contribution is 7.99. The molecule has 13 heavy (non-hydrogen) atoms. The molecular formula is C11H23NS. The Morgan fingerprint density at radius 2 is 2.15 bits per heavy atom. The second-order valence-corrected chi connectivity index (χ2v) is 5.25. The van der Waals surface area contributed by atoms with Crippen LogP contribution in [0, 0.1) is 5.92 Å². The van der Waals surface area contributed by atoms with Crippen molar-refractivity contribution in [1.82, 2.24) is 5.32 Å². The lowest BCUT2D eigenvalue weighted by Gasteiger charge is -2.16. The van der Waals surface area contributed by atoms with Gasteiger partial charge in [0.25, 0.3) is 0 Å². The highest BCUT2D eigenvalue weighted by atomic mass is 32.2. The Kier molecular flexibility index (Phi) is 5.88. The minimum atomic E-state index is 0.774. The predicted octanol–water partition coefficient (Wildman–Crippen LogP) is 2.91. The first-order valence-electron chi connectivity index (χ1n) is 5.68. The molecule has 0 amide bonds. The molecule has 1 aliphatic carbocycles. The molecule has 0 aromatic heterocycles. The van der Waals surface area contributed by atoms with E-state index in [1.54, 1.807) is 0 Å². The molecule has 78 valence electrons. The molecule has 1 aliphatic rings. The number of hydrogen-bond donors (Lipinski definition) is 1. The Morgan fingerprint density at radius 3 is 2.69 bits per heavy atom. The van der Waals surface area contributed by atoms with Crippen molar-refractivity contribution >= 4 is 11.8 Å². The number of nitrogens with one attached hydrogen (secondary N) is 1. The van der Waals surface area contributed by atoms with E-state index >= 15 is 0 Å². The molecular weight excluding hydrogens is 178 g/mol. The summed E-state index contributed by atoms with van der Waals surface area (Å²) in [5, 5.41) is 3.58. The van der Waals surface area contributed by atoms with Crippen molar-refractivity contribution in [3.05, 3.63) is 0 Å². The highest BCUT2D eigenvalue weighted by Crippen LogP contribution is 2.34. The van der Waals surface area contributed by atoms with E-state index in [2.05, 4.69) is 30.9 Å². The molecule has 1 saturated carbocycles. The van der Waals surface area contributed by atoms with Gasteiger partial charge >= 0.3 is 0 Å². The maximum Gasteiger partial charge on any atom is 0.0158 e. The summed E-state index contributed by atoms with van der Waals surface area (Å²) in [5.41, 5.74) is 0. The van der Waals surface area contributed by atoms with Crippen LogP contribution in [0.5, 0.6) is 0 Å². The molecule has 1 nitrogen and oxygen atoms in total. The van der Waals surface area contributed by atoms with Crippen molar-refractivity contribution in [2.75, 3.05) is 18.1 Å². The molecule has 0 bridgehead atoms. The first kappa shape index (κ1) is 11.4. The molecule has 1 fully saturated rings. The third kappa shape index (κ3) is 5.58. The predicted molar refractivity (Wildman–Crippen MR) is 62.4 cm³/mol. The molecule has 0 aromatic rings. The van der Waals surface area contributed by atoms with Crippen LogP contribution in [0.4, 0.5) is 0 Å². The summed E-state index contributed by atoms with van der Waals surface area (Å²) >= 11 is 2.07. The van der Waals surface area contributed by atoms with Gasteiger partial charge in [0.15, 0.2) is 0 Å². The van der Waals surface area contributed by atoms with E-state index < -0.39 is 0 Å². The normalized spacial score (nSPS) is 18.9. The maximum absolute atomic E-state index is 3.58. The minimum absolute atomic E-state index is 0.774. The third-order valence-electron chi connectivity index (χ3n) is 2.64. The van der Waals surface area contributed by atoms with Gasteiger partial charge in [0, 0.05) is 11.8 Å². The summed E-state index contributed by atoms with van der Waals surface area (Å²) in [5.74, 6) is 3.65. The summed E-state index contributed by atoms with van der Waals surface area (Å²) < 4.78 is 0. The quantitative estimate of drug-likeness (QED) is 0.648. The van der Waals surface area contributed by atoms with Crippen LogP contribution in [-0.4, -0.2) is 24.1 Å². The van der Waals surface area contributed by atoms with Gasteiger partial charge < -0.3 is 5.32 Å².